The summed E-state index contributed by atoms with van der Waals surface area (Å²) in [5.74, 6) is 0.627. The summed E-state index contributed by atoms with van der Waals surface area (Å²) >= 11 is 3.51. The largest absolute Gasteiger partial charge is 0.488 e. The molecule has 2 aromatic carbocycles. The van der Waals surface area contributed by atoms with Crippen molar-refractivity contribution < 1.29 is 14.3 Å². The highest BCUT2D eigenvalue weighted by molar-refractivity contribution is 9.10. The van der Waals surface area contributed by atoms with Crippen LogP contribution in [0.4, 0.5) is 0 Å². The molecule has 1 amide bonds. The molecule has 1 N–H and O–H groups in total. The van der Waals surface area contributed by atoms with Gasteiger partial charge < -0.3 is 9.47 Å². The third-order valence-corrected chi connectivity index (χ3v) is 4.69. The number of nitrogens with one attached hydrogen (secondary N) is 1. The van der Waals surface area contributed by atoms with E-state index in [0.29, 0.717) is 26.4 Å². The summed E-state index contributed by atoms with van der Waals surface area (Å²) in [5.41, 5.74) is 4.53. The Balaban J connectivity index is 1.47. The van der Waals surface area contributed by atoms with Crippen LogP contribution in [0, 0.1) is 0 Å². The van der Waals surface area contributed by atoms with Gasteiger partial charge in [0.2, 0.25) is 0 Å². The van der Waals surface area contributed by atoms with Crippen LogP contribution >= 0.6 is 15.9 Å². The number of hydrazone groups is 1. The number of nitrogens with zero attached hydrogens (tertiary/aromatic N) is 2. The minimum absolute atomic E-state index is 0.130. The Morgan fingerprint density at radius 2 is 2.00 bits per heavy atom. The minimum atomic E-state index is -0.130. The third-order valence-electron chi connectivity index (χ3n) is 4.07. The van der Waals surface area contributed by atoms with Crippen LogP contribution in [0.15, 0.2) is 58.1 Å². The smallest absolute Gasteiger partial charge is 0.254 e. The molecule has 142 valence electrons. The van der Waals surface area contributed by atoms with Crippen LogP contribution in [0.5, 0.6) is 5.75 Å². The first kappa shape index (κ1) is 19.5. The highest BCUT2D eigenvalue weighted by atomic mass is 79.9. The maximum absolute atomic E-state index is 11.9. The summed E-state index contributed by atoms with van der Waals surface area (Å²) < 4.78 is 11.9. The van der Waals surface area contributed by atoms with Crippen molar-refractivity contribution >= 4 is 28.1 Å². The van der Waals surface area contributed by atoms with Gasteiger partial charge in [0.25, 0.3) is 5.91 Å². The number of amides is 1. The molecule has 0 bridgehead atoms. The lowest BCUT2D eigenvalue weighted by Gasteiger charge is -2.25. The maximum Gasteiger partial charge on any atom is 0.254 e. The van der Waals surface area contributed by atoms with Crippen LogP contribution < -0.4 is 10.2 Å². The van der Waals surface area contributed by atoms with E-state index in [9.17, 15) is 4.79 Å². The SMILES string of the molecule is O=C(CN1CCOCC1)N/N=C/c1ccc(OCc2ccccc2)c(Br)c1. The second kappa shape index (κ2) is 10.2. The lowest BCUT2D eigenvalue weighted by molar-refractivity contribution is -0.123. The summed E-state index contributed by atoms with van der Waals surface area (Å²) in [6.45, 7) is 3.72. The fourth-order valence-corrected chi connectivity index (χ4v) is 3.14. The van der Waals surface area contributed by atoms with Gasteiger partial charge in [-0.2, -0.15) is 5.10 Å². The van der Waals surface area contributed by atoms with Gasteiger partial charge >= 0.3 is 0 Å². The standard InChI is InChI=1S/C20H22BrN3O3/c21-18-12-17(6-7-19(18)27-15-16-4-2-1-3-5-16)13-22-23-20(25)14-24-8-10-26-11-9-24/h1-7,12-13H,8-11,14-15H2,(H,23,25)/b22-13+. The van der Waals surface area contributed by atoms with Gasteiger partial charge in [-0.3, -0.25) is 9.69 Å². The fourth-order valence-electron chi connectivity index (χ4n) is 2.63. The Labute approximate surface area is 167 Å². The average molecular weight is 432 g/mol. The van der Waals surface area contributed by atoms with E-state index in [1.165, 1.54) is 0 Å². The van der Waals surface area contributed by atoms with Crippen molar-refractivity contribution in [3.8, 4) is 5.75 Å². The topological polar surface area (TPSA) is 63.2 Å². The first-order valence-electron chi connectivity index (χ1n) is 8.79. The van der Waals surface area contributed by atoms with Crippen LogP contribution in [0.3, 0.4) is 0 Å². The highest BCUT2D eigenvalue weighted by Gasteiger charge is 2.13. The molecule has 1 aliphatic heterocycles. The summed E-state index contributed by atoms with van der Waals surface area (Å²) in [5, 5.41) is 4.03. The lowest BCUT2D eigenvalue weighted by atomic mass is 10.2. The number of ether oxygens (including phenoxy) is 2. The van der Waals surface area contributed by atoms with E-state index < -0.39 is 0 Å². The van der Waals surface area contributed by atoms with Gasteiger partial charge in [0.05, 0.1) is 30.4 Å². The minimum Gasteiger partial charge on any atom is -0.488 e. The number of hydrogen-bond acceptors (Lipinski definition) is 5. The average Bonchev–Trinajstić information content (AvgIpc) is 2.69. The van der Waals surface area contributed by atoms with E-state index >= 15 is 0 Å². The highest BCUT2D eigenvalue weighted by Crippen LogP contribution is 2.26. The molecule has 1 saturated heterocycles. The molecule has 1 heterocycles. The molecule has 3 rings (SSSR count). The number of morpholine rings is 1. The Bertz CT molecular complexity index is 777. The van der Waals surface area contributed by atoms with Gasteiger partial charge in [-0.25, -0.2) is 5.43 Å². The molecular weight excluding hydrogens is 410 g/mol. The predicted molar refractivity (Wildman–Crippen MR) is 108 cm³/mol. The molecule has 0 aromatic heterocycles. The number of benzene rings is 2. The zero-order valence-corrected chi connectivity index (χ0v) is 16.5. The van der Waals surface area contributed by atoms with E-state index in [2.05, 4.69) is 26.5 Å². The van der Waals surface area contributed by atoms with Crippen molar-refractivity contribution in [2.24, 2.45) is 5.10 Å². The number of carbonyl (C=O) groups excluding carboxylic acids is 1. The summed E-state index contributed by atoms with van der Waals surface area (Å²) in [6.07, 6.45) is 1.61. The summed E-state index contributed by atoms with van der Waals surface area (Å²) in [7, 11) is 0. The Morgan fingerprint density at radius 1 is 1.22 bits per heavy atom. The molecule has 2 aromatic rings. The quantitative estimate of drug-likeness (QED) is 0.540. The monoisotopic (exact) mass is 431 g/mol. The van der Waals surface area contributed by atoms with Crippen LogP contribution in [0.2, 0.25) is 0 Å². The molecule has 0 radical (unpaired) electrons. The summed E-state index contributed by atoms with van der Waals surface area (Å²) in [6, 6.07) is 15.7. The van der Waals surface area contributed by atoms with Gasteiger partial charge in [0.15, 0.2) is 0 Å². The second-order valence-corrected chi connectivity index (χ2v) is 7.00. The summed E-state index contributed by atoms with van der Waals surface area (Å²) in [4.78, 5) is 14.0. The molecule has 1 aliphatic rings. The fraction of sp³-hybridized carbons (Fsp3) is 0.300. The van der Waals surface area contributed by atoms with Gasteiger partial charge in [-0.15, -0.1) is 0 Å². The molecule has 27 heavy (non-hydrogen) atoms. The molecule has 0 saturated carbocycles. The first-order valence-corrected chi connectivity index (χ1v) is 9.58. The Kier molecular flexibility index (Phi) is 7.38. The van der Waals surface area contributed by atoms with Gasteiger partial charge in [-0.05, 0) is 45.3 Å². The molecule has 0 unspecified atom stereocenters. The van der Waals surface area contributed by atoms with Crippen molar-refractivity contribution in [3.63, 3.8) is 0 Å². The zero-order valence-electron chi connectivity index (χ0n) is 14.9. The molecule has 0 spiro atoms. The maximum atomic E-state index is 11.9. The van der Waals surface area contributed by atoms with E-state index in [-0.39, 0.29) is 5.91 Å². The second-order valence-electron chi connectivity index (χ2n) is 6.15. The van der Waals surface area contributed by atoms with Crippen molar-refractivity contribution in [1.29, 1.82) is 0 Å². The number of halogens is 1. The van der Waals surface area contributed by atoms with Gasteiger partial charge in [0, 0.05) is 13.1 Å². The third kappa shape index (κ3) is 6.46. The van der Waals surface area contributed by atoms with E-state index in [1.54, 1.807) is 6.21 Å². The van der Waals surface area contributed by atoms with Crippen LogP contribution in [0.1, 0.15) is 11.1 Å². The predicted octanol–water partition coefficient (Wildman–Crippen LogP) is 2.81. The number of rotatable bonds is 7. The van der Waals surface area contributed by atoms with Crippen LogP contribution in [0.25, 0.3) is 0 Å². The molecule has 0 aliphatic carbocycles. The molecule has 0 atom stereocenters. The van der Waals surface area contributed by atoms with Crippen LogP contribution in [-0.2, 0) is 16.1 Å². The number of carbonyl (C=O) groups is 1. The van der Waals surface area contributed by atoms with Crippen LogP contribution in [-0.4, -0.2) is 49.9 Å². The van der Waals surface area contributed by atoms with Gasteiger partial charge in [0.1, 0.15) is 12.4 Å². The Hall–Kier alpha value is -2.22. The first-order chi connectivity index (χ1) is 13.2. The molecular formula is C20H22BrN3O3. The van der Waals surface area contributed by atoms with Crippen molar-refractivity contribution in [1.82, 2.24) is 10.3 Å². The molecule has 1 fully saturated rings. The van der Waals surface area contributed by atoms with Crippen molar-refractivity contribution in [2.75, 3.05) is 32.8 Å². The van der Waals surface area contributed by atoms with Crippen molar-refractivity contribution in [3.05, 3.63) is 64.1 Å². The normalized spacial score (nSPS) is 15.0. The zero-order chi connectivity index (χ0) is 18.9. The molecule has 6 nitrogen and oxygen atoms in total. The van der Waals surface area contributed by atoms with E-state index in [0.717, 1.165) is 34.4 Å². The van der Waals surface area contributed by atoms with E-state index in [1.807, 2.05) is 53.4 Å². The Morgan fingerprint density at radius 3 is 2.74 bits per heavy atom. The lowest BCUT2D eigenvalue weighted by Crippen LogP contribution is -2.42. The molecule has 7 heteroatoms. The van der Waals surface area contributed by atoms with Crippen molar-refractivity contribution in [2.45, 2.75) is 6.61 Å². The number of hydrogen-bond donors (Lipinski definition) is 1. The van der Waals surface area contributed by atoms with E-state index in [4.69, 9.17) is 9.47 Å². The van der Waals surface area contributed by atoms with Gasteiger partial charge in [-0.1, -0.05) is 30.3 Å².